The summed E-state index contributed by atoms with van der Waals surface area (Å²) in [5.74, 6) is -1.33. The SMILES string of the molecule is O=C(CNC(=O)c1cccs1)OCC(=O)c1ccc(N2CCCC2=O)cc1. The van der Waals surface area contributed by atoms with Crippen LogP contribution in [0.15, 0.2) is 41.8 Å². The number of hydrogen-bond acceptors (Lipinski definition) is 6. The molecule has 1 aliphatic rings. The number of ketones is 1. The molecule has 0 spiro atoms. The molecule has 1 aromatic heterocycles. The highest BCUT2D eigenvalue weighted by atomic mass is 32.1. The third kappa shape index (κ3) is 4.79. The molecule has 1 aromatic carbocycles. The summed E-state index contributed by atoms with van der Waals surface area (Å²) in [6, 6.07) is 10.0. The standard InChI is InChI=1S/C19H18N2O5S/c22-15(12-26-18(24)11-20-19(25)16-3-2-10-27-16)13-5-7-14(8-6-13)21-9-1-4-17(21)23/h2-3,5-8,10H,1,4,9,11-12H2,(H,20,25). The van der Waals surface area contributed by atoms with Gasteiger partial charge in [-0.3, -0.25) is 19.2 Å². The van der Waals surface area contributed by atoms with Crippen molar-refractivity contribution in [3.8, 4) is 0 Å². The van der Waals surface area contributed by atoms with Gasteiger partial charge in [-0.1, -0.05) is 6.07 Å². The third-order valence-electron chi connectivity index (χ3n) is 4.08. The molecule has 1 fully saturated rings. The van der Waals surface area contributed by atoms with Gasteiger partial charge in [0.25, 0.3) is 5.91 Å². The molecule has 1 saturated heterocycles. The molecular formula is C19H18N2O5S. The molecule has 1 N–H and O–H groups in total. The number of carbonyl (C=O) groups is 4. The van der Waals surface area contributed by atoms with Gasteiger partial charge in [-0.05, 0) is 42.1 Å². The van der Waals surface area contributed by atoms with Crippen molar-refractivity contribution in [2.75, 3.05) is 24.6 Å². The summed E-state index contributed by atoms with van der Waals surface area (Å²) >= 11 is 1.27. The lowest BCUT2D eigenvalue weighted by molar-refractivity contribution is -0.141. The van der Waals surface area contributed by atoms with E-state index in [1.807, 2.05) is 0 Å². The highest BCUT2D eigenvalue weighted by molar-refractivity contribution is 7.12. The van der Waals surface area contributed by atoms with Gasteiger partial charge in [0, 0.05) is 24.2 Å². The van der Waals surface area contributed by atoms with E-state index in [9.17, 15) is 19.2 Å². The first-order chi connectivity index (χ1) is 13.0. The van der Waals surface area contributed by atoms with Crippen LogP contribution in [0, 0.1) is 0 Å². The summed E-state index contributed by atoms with van der Waals surface area (Å²) in [4.78, 5) is 49.5. The van der Waals surface area contributed by atoms with Crippen LogP contribution in [0.5, 0.6) is 0 Å². The minimum atomic E-state index is -0.687. The molecule has 7 nitrogen and oxygen atoms in total. The van der Waals surface area contributed by atoms with Crippen LogP contribution in [-0.4, -0.2) is 43.3 Å². The number of hydrogen-bond donors (Lipinski definition) is 1. The van der Waals surface area contributed by atoms with E-state index in [1.54, 1.807) is 46.7 Å². The average molecular weight is 386 g/mol. The Labute approximate surface area is 159 Å². The fourth-order valence-electron chi connectivity index (χ4n) is 2.68. The lowest BCUT2D eigenvalue weighted by Gasteiger charge is -2.15. The van der Waals surface area contributed by atoms with Gasteiger partial charge in [0.1, 0.15) is 6.54 Å². The Morgan fingerprint density at radius 1 is 1.15 bits per heavy atom. The smallest absolute Gasteiger partial charge is 0.325 e. The monoisotopic (exact) mass is 386 g/mol. The summed E-state index contributed by atoms with van der Waals surface area (Å²) in [7, 11) is 0. The molecule has 3 rings (SSSR count). The van der Waals surface area contributed by atoms with Crippen molar-refractivity contribution in [1.82, 2.24) is 5.32 Å². The number of rotatable bonds is 7. The second kappa shape index (κ2) is 8.59. The molecule has 2 heterocycles. The number of carbonyl (C=O) groups excluding carboxylic acids is 4. The highest BCUT2D eigenvalue weighted by Crippen LogP contribution is 2.21. The topological polar surface area (TPSA) is 92.8 Å². The summed E-state index contributed by atoms with van der Waals surface area (Å²) in [6.07, 6.45) is 1.37. The predicted molar refractivity (Wildman–Crippen MR) is 100.0 cm³/mol. The van der Waals surface area contributed by atoms with E-state index in [0.717, 1.165) is 12.1 Å². The van der Waals surface area contributed by atoms with E-state index in [4.69, 9.17) is 4.74 Å². The molecule has 0 atom stereocenters. The van der Waals surface area contributed by atoms with E-state index in [2.05, 4.69) is 5.32 Å². The number of anilines is 1. The van der Waals surface area contributed by atoms with Gasteiger partial charge in [0.05, 0.1) is 4.88 Å². The van der Waals surface area contributed by atoms with Gasteiger partial charge < -0.3 is 15.0 Å². The van der Waals surface area contributed by atoms with E-state index >= 15 is 0 Å². The van der Waals surface area contributed by atoms with Crippen molar-refractivity contribution in [1.29, 1.82) is 0 Å². The number of thiophene rings is 1. The quantitative estimate of drug-likeness (QED) is 0.581. The molecule has 0 radical (unpaired) electrons. The second-order valence-corrected chi connectivity index (χ2v) is 6.89. The lowest BCUT2D eigenvalue weighted by Crippen LogP contribution is -2.31. The minimum Gasteiger partial charge on any atom is -0.456 e. The van der Waals surface area contributed by atoms with Crippen LogP contribution >= 0.6 is 11.3 Å². The Balaban J connectivity index is 1.45. The summed E-state index contributed by atoms with van der Waals surface area (Å²) < 4.78 is 4.91. The maximum absolute atomic E-state index is 12.1. The number of nitrogens with one attached hydrogen (secondary N) is 1. The fraction of sp³-hybridized carbons (Fsp3) is 0.263. The summed E-state index contributed by atoms with van der Waals surface area (Å²) in [5.41, 5.74) is 1.14. The van der Waals surface area contributed by atoms with Gasteiger partial charge in [-0.15, -0.1) is 11.3 Å². The Morgan fingerprint density at radius 2 is 1.93 bits per heavy atom. The predicted octanol–water partition coefficient (Wildman–Crippen LogP) is 2.03. The van der Waals surface area contributed by atoms with Crippen molar-refractivity contribution < 1.29 is 23.9 Å². The number of esters is 1. The molecule has 0 saturated carbocycles. The van der Waals surface area contributed by atoms with Crippen molar-refractivity contribution in [2.24, 2.45) is 0 Å². The number of ether oxygens (including phenoxy) is 1. The summed E-state index contributed by atoms with van der Waals surface area (Å²) in [6.45, 7) is -0.0311. The van der Waals surface area contributed by atoms with E-state index in [-0.39, 0.29) is 24.1 Å². The molecule has 1 aliphatic heterocycles. The first-order valence-corrected chi connectivity index (χ1v) is 9.33. The van der Waals surface area contributed by atoms with Gasteiger partial charge in [0.2, 0.25) is 5.91 Å². The van der Waals surface area contributed by atoms with Crippen LogP contribution in [0.2, 0.25) is 0 Å². The van der Waals surface area contributed by atoms with E-state index in [1.165, 1.54) is 11.3 Å². The van der Waals surface area contributed by atoms with Crippen LogP contribution in [0.4, 0.5) is 5.69 Å². The first-order valence-electron chi connectivity index (χ1n) is 8.45. The molecule has 0 aliphatic carbocycles. The molecular weight excluding hydrogens is 368 g/mol. The average Bonchev–Trinajstić information content (AvgIpc) is 3.36. The van der Waals surface area contributed by atoms with Crippen molar-refractivity contribution in [3.63, 3.8) is 0 Å². The zero-order valence-electron chi connectivity index (χ0n) is 14.5. The molecule has 140 valence electrons. The molecule has 0 unspecified atom stereocenters. The normalized spacial score (nSPS) is 13.5. The van der Waals surface area contributed by atoms with Crippen molar-refractivity contribution in [3.05, 3.63) is 52.2 Å². The number of Topliss-reactive ketones (excluding diaryl/α,β-unsaturated/α-hetero) is 1. The Hall–Kier alpha value is -3.00. The van der Waals surface area contributed by atoms with Crippen LogP contribution in [0.1, 0.15) is 32.9 Å². The third-order valence-corrected chi connectivity index (χ3v) is 4.95. The molecule has 2 amide bonds. The van der Waals surface area contributed by atoms with Crippen molar-refractivity contribution >= 4 is 40.6 Å². The largest absolute Gasteiger partial charge is 0.456 e. The maximum atomic E-state index is 12.1. The number of amides is 2. The summed E-state index contributed by atoms with van der Waals surface area (Å²) in [5, 5.41) is 4.20. The number of benzene rings is 1. The van der Waals surface area contributed by atoms with E-state index in [0.29, 0.717) is 23.4 Å². The molecule has 2 aromatic rings. The van der Waals surface area contributed by atoms with Gasteiger partial charge in [-0.2, -0.15) is 0 Å². The van der Waals surface area contributed by atoms with Gasteiger partial charge in [0.15, 0.2) is 12.4 Å². The highest BCUT2D eigenvalue weighted by Gasteiger charge is 2.21. The fourth-order valence-corrected chi connectivity index (χ4v) is 3.32. The molecule has 0 bridgehead atoms. The minimum absolute atomic E-state index is 0.0765. The van der Waals surface area contributed by atoms with Crippen LogP contribution in [-0.2, 0) is 14.3 Å². The lowest BCUT2D eigenvalue weighted by atomic mass is 10.1. The van der Waals surface area contributed by atoms with Crippen molar-refractivity contribution in [2.45, 2.75) is 12.8 Å². The van der Waals surface area contributed by atoms with Gasteiger partial charge in [-0.25, -0.2) is 0 Å². The zero-order chi connectivity index (χ0) is 19.2. The van der Waals surface area contributed by atoms with Gasteiger partial charge >= 0.3 is 5.97 Å². The Kier molecular flexibility index (Phi) is 5.97. The molecule has 27 heavy (non-hydrogen) atoms. The zero-order valence-corrected chi connectivity index (χ0v) is 15.3. The first kappa shape index (κ1) is 18.8. The van der Waals surface area contributed by atoms with Crippen LogP contribution in [0.25, 0.3) is 0 Å². The Morgan fingerprint density at radius 3 is 2.56 bits per heavy atom. The van der Waals surface area contributed by atoms with Crippen LogP contribution in [0.3, 0.4) is 0 Å². The van der Waals surface area contributed by atoms with E-state index < -0.39 is 12.6 Å². The Bertz CT molecular complexity index is 845. The second-order valence-electron chi connectivity index (χ2n) is 5.94. The maximum Gasteiger partial charge on any atom is 0.325 e. The van der Waals surface area contributed by atoms with Crippen LogP contribution < -0.4 is 10.2 Å². The molecule has 8 heteroatoms. The number of nitrogens with zero attached hydrogens (tertiary/aromatic N) is 1.